The molecule has 0 fully saturated rings. The monoisotopic (exact) mass is 238 g/mol. The second-order valence-corrected chi connectivity index (χ2v) is 4.49. The summed E-state index contributed by atoms with van der Waals surface area (Å²) in [5, 5.41) is 9.73. The number of aromatic nitrogens is 2. The molecule has 3 nitrogen and oxygen atoms in total. The number of hydrogen-bond acceptors (Lipinski definition) is 2. The van der Waals surface area contributed by atoms with E-state index in [-0.39, 0.29) is 5.75 Å². The van der Waals surface area contributed by atoms with Crippen LogP contribution in [0.15, 0.2) is 48.8 Å². The second-order valence-electron chi connectivity index (χ2n) is 4.49. The minimum Gasteiger partial charge on any atom is -0.506 e. The molecule has 0 radical (unpaired) electrons. The molecule has 0 saturated heterocycles. The number of nitrogens with zero attached hydrogens (tertiary/aromatic N) is 2. The van der Waals surface area contributed by atoms with Crippen molar-refractivity contribution in [2.24, 2.45) is 0 Å². The van der Waals surface area contributed by atoms with Gasteiger partial charge in [-0.2, -0.15) is 0 Å². The average molecular weight is 238 g/mol. The number of rotatable bonds is 2. The van der Waals surface area contributed by atoms with E-state index < -0.39 is 0 Å². The van der Waals surface area contributed by atoms with Crippen LogP contribution in [0.2, 0.25) is 0 Å². The van der Waals surface area contributed by atoms with Crippen LogP contribution in [0.25, 0.3) is 5.52 Å². The molecule has 1 aromatic carbocycles. The van der Waals surface area contributed by atoms with Crippen molar-refractivity contribution in [1.82, 2.24) is 9.38 Å². The fourth-order valence-electron chi connectivity index (χ4n) is 2.20. The summed E-state index contributed by atoms with van der Waals surface area (Å²) < 4.78 is 1.93. The van der Waals surface area contributed by atoms with Crippen molar-refractivity contribution >= 4 is 5.52 Å². The maximum Gasteiger partial charge on any atom is 0.141 e. The van der Waals surface area contributed by atoms with Gasteiger partial charge in [0.15, 0.2) is 0 Å². The van der Waals surface area contributed by atoms with Gasteiger partial charge in [0.25, 0.3) is 0 Å². The maximum absolute atomic E-state index is 9.73. The van der Waals surface area contributed by atoms with Crippen LogP contribution in [-0.4, -0.2) is 14.5 Å². The topological polar surface area (TPSA) is 37.5 Å². The molecule has 0 unspecified atom stereocenters. The quantitative estimate of drug-likeness (QED) is 0.745. The molecule has 0 aliphatic heterocycles. The molecule has 0 saturated carbocycles. The second kappa shape index (κ2) is 4.18. The van der Waals surface area contributed by atoms with Crippen molar-refractivity contribution in [3.05, 3.63) is 65.7 Å². The zero-order valence-electron chi connectivity index (χ0n) is 10.2. The number of benzene rings is 1. The lowest BCUT2D eigenvalue weighted by atomic mass is 10.1. The van der Waals surface area contributed by atoms with Crippen LogP contribution in [0.1, 0.15) is 17.0 Å². The van der Waals surface area contributed by atoms with Crippen LogP contribution in [0.3, 0.4) is 0 Å². The van der Waals surface area contributed by atoms with Gasteiger partial charge in [0.05, 0.1) is 6.20 Å². The molecule has 0 atom stereocenters. The SMILES string of the molecule is Cc1cccc(Cc2ncc3c(O)cccn23)c1. The summed E-state index contributed by atoms with van der Waals surface area (Å²) in [5.74, 6) is 1.20. The Bertz CT molecular complexity index is 701. The van der Waals surface area contributed by atoms with Crippen LogP contribution in [0.5, 0.6) is 5.75 Å². The van der Waals surface area contributed by atoms with Crippen molar-refractivity contribution in [3.63, 3.8) is 0 Å². The highest BCUT2D eigenvalue weighted by molar-refractivity contribution is 5.58. The highest BCUT2D eigenvalue weighted by atomic mass is 16.3. The molecular weight excluding hydrogens is 224 g/mol. The van der Waals surface area contributed by atoms with Crippen LogP contribution < -0.4 is 0 Å². The Morgan fingerprint density at radius 3 is 2.94 bits per heavy atom. The summed E-state index contributed by atoms with van der Waals surface area (Å²) in [6.45, 7) is 2.08. The van der Waals surface area contributed by atoms with Crippen molar-refractivity contribution in [1.29, 1.82) is 0 Å². The van der Waals surface area contributed by atoms with E-state index in [2.05, 4.69) is 36.2 Å². The summed E-state index contributed by atoms with van der Waals surface area (Å²) in [5.41, 5.74) is 3.22. The van der Waals surface area contributed by atoms with E-state index in [4.69, 9.17) is 0 Å². The molecule has 1 N–H and O–H groups in total. The Morgan fingerprint density at radius 2 is 2.11 bits per heavy atom. The van der Waals surface area contributed by atoms with Gasteiger partial charge in [-0.15, -0.1) is 0 Å². The van der Waals surface area contributed by atoms with Gasteiger partial charge in [0, 0.05) is 12.6 Å². The average Bonchev–Trinajstić information content (AvgIpc) is 2.74. The molecule has 0 bridgehead atoms. The highest BCUT2D eigenvalue weighted by Gasteiger charge is 2.07. The van der Waals surface area contributed by atoms with Crippen molar-refractivity contribution in [3.8, 4) is 5.75 Å². The van der Waals surface area contributed by atoms with Gasteiger partial charge in [0.2, 0.25) is 0 Å². The van der Waals surface area contributed by atoms with Crippen LogP contribution in [-0.2, 0) is 6.42 Å². The van der Waals surface area contributed by atoms with E-state index in [1.54, 1.807) is 12.3 Å². The van der Waals surface area contributed by atoms with Crippen LogP contribution in [0.4, 0.5) is 0 Å². The zero-order chi connectivity index (χ0) is 12.5. The zero-order valence-corrected chi connectivity index (χ0v) is 10.2. The molecule has 2 heterocycles. The number of fused-ring (bicyclic) bond motifs is 1. The maximum atomic E-state index is 9.73. The third kappa shape index (κ3) is 1.84. The summed E-state index contributed by atoms with van der Waals surface area (Å²) >= 11 is 0. The lowest BCUT2D eigenvalue weighted by molar-refractivity contribution is 0.479. The molecule has 0 amide bonds. The summed E-state index contributed by atoms with van der Waals surface area (Å²) in [6, 6.07) is 11.9. The largest absolute Gasteiger partial charge is 0.506 e. The first-order valence-electron chi connectivity index (χ1n) is 5.93. The molecular formula is C15H14N2O. The Balaban J connectivity index is 2.03. The number of aromatic hydroxyl groups is 1. The molecule has 2 aromatic heterocycles. The van der Waals surface area contributed by atoms with Gasteiger partial charge in [0.1, 0.15) is 17.1 Å². The van der Waals surface area contributed by atoms with Gasteiger partial charge in [-0.05, 0) is 24.6 Å². The summed E-state index contributed by atoms with van der Waals surface area (Å²) in [4.78, 5) is 4.38. The van der Waals surface area contributed by atoms with Gasteiger partial charge in [-0.3, -0.25) is 0 Å². The first kappa shape index (κ1) is 10.8. The summed E-state index contributed by atoms with van der Waals surface area (Å²) in [6.07, 6.45) is 4.40. The molecule has 3 aromatic rings. The molecule has 90 valence electrons. The van der Waals surface area contributed by atoms with Gasteiger partial charge < -0.3 is 9.51 Å². The van der Waals surface area contributed by atoms with Crippen LogP contribution >= 0.6 is 0 Å². The lowest BCUT2D eigenvalue weighted by Crippen LogP contribution is -1.96. The Kier molecular flexibility index (Phi) is 2.52. The Labute approximate surface area is 105 Å². The molecule has 0 aliphatic carbocycles. The van der Waals surface area contributed by atoms with E-state index in [0.717, 1.165) is 17.8 Å². The van der Waals surface area contributed by atoms with E-state index in [1.807, 2.05) is 16.7 Å². The Morgan fingerprint density at radius 1 is 1.22 bits per heavy atom. The van der Waals surface area contributed by atoms with Crippen LogP contribution in [0, 0.1) is 6.92 Å². The van der Waals surface area contributed by atoms with E-state index in [1.165, 1.54) is 11.1 Å². The fraction of sp³-hybridized carbons (Fsp3) is 0.133. The third-order valence-electron chi connectivity index (χ3n) is 3.07. The first-order valence-corrected chi connectivity index (χ1v) is 5.93. The van der Waals surface area contributed by atoms with Crippen molar-refractivity contribution < 1.29 is 5.11 Å². The standard InChI is InChI=1S/C15H14N2O/c1-11-4-2-5-12(8-11)9-15-16-10-13-14(18)6-3-7-17(13)15/h2-8,10,18H,9H2,1H3. The summed E-state index contributed by atoms with van der Waals surface area (Å²) in [7, 11) is 0. The highest BCUT2D eigenvalue weighted by Crippen LogP contribution is 2.20. The van der Waals surface area contributed by atoms with E-state index >= 15 is 0 Å². The fourth-order valence-corrected chi connectivity index (χ4v) is 2.20. The van der Waals surface area contributed by atoms with Crippen molar-refractivity contribution in [2.45, 2.75) is 13.3 Å². The van der Waals surface area contributed by atoms with Crippen molar-refractivity contribution in [2.75, 3.05) is 0 Å². The van der Waals surface area contributed by atoms with Gasteiger partial charge in [-0.1, -0.05) is 29.8 Å². The van der Waals surface area contributed by atoms with Gasteiger partial charge in [-0.25, -0.2) is 4.98 Å². The predicted molar refractivity (Wildman–Crippen MR) is 70.8 cm³/mol. The number of imidazole rings is 1. The minimum absolute atomic E-state index is 0.264. The molecule has 0 aliphatic rings. The molecule has 3 heteroatoms. The smallest absolute Gasteiger partial charge is 0.141 e. The molecule has 0 spiro atoms. The number of hydrogen-bond donors (Lipinski definition) is 1. The van der Waals surface area contributed by atoms with E-state index in [0.29, 0.717) is 0 Å². The number of aryl methyl sites for hydroxylation is 1. The lowest BCUT2D eigenvalue weighted by Gasteiger charge is -2.03. The molecule has 18 heavy (non-hydrogen) atoms. The third-order valence-corrected chi connectivity index (χ3v) is 3.07. The first-order chi connectivity index (χ1) is 8.74. The van der Waals surface area contributed by atoms with E-state index in [9.17, 15) is 5.11 Å². The van der Waals surface area contributed by atoms with Gasteiger partial charge >= 0.3 is 0 Å². The molecule has 3 rings (SSSR count). The minimum atomic E-state index is 0.264. The Hall–Kier alpha value is -2.29. The number of pyridine rings is 1. The predicted octanol–water partition coefficient (Wildman–Crippen LogP) is 2.94. The normalized spacial score (nSPS) is 10.9.